The van der Waals surface area contributed by atoms with E-state index in [4.69, 9.17) is 28.7 Å². The molecule has 0 fully saturated rings. The van der Waals surface area contributed by atoms with Crippen LogP contribution in [0.4, 0.5) is 0 Å². The van der Waals surface area contributed by atoms with E-state index in [1.807, 2.05) is 0 Å². The summed E-state index contributed by atoms with van der Waals surface area (Å²) in [4.78, 5) is 52.4. The molecule has 15 heteroatoms. The minimum absolute atomic E-state index is 0.000204. The van der Waals surface area contributed by atoms with E-state index in [1.165, 1.54) is 12.1 Å². The molecule has 1 aliphatic rings. The molecule has 0 saturated heterocycles. The number of hydrogen-bond acceptors (Lipinski definition) is 11. The molecule has 3 rings (SSSR count). The SMILES string of the molecule is NCCC[C@@H]1NC(=O)[C@@H](N)Cc2cc(ccc2O)-c2ccc(O)c(c2)CC(C(=O)NCCC(N)C(=O)NC(CN)CN)NC1=O. The van der Waals surface area contributed by atoms with Crippen LogP contribution in [0.1, 0.15) is 30.4 Å². The Kier molecular flexibility index (Phi) is 13.1. The second kappa shape index (κ2) is 16.7. The Morgan fingerprint density at radius 2 is 1.51 bits per heavy atom. The Labute approximate surface area is 261 Å². The molecule has 0 spiro atoms. The van der Waals surface area contributed by atoms with Crippen molar-refractivity contribution in [3.8, 4) is 22.6 Å². The van der Waals surface area contributed by atoms with Crippen LogP contribution in [0, 0.1) is 0 Å². The predicted octanol–water partition coefficient (Wildman–Crippen LogP) is -2.86. The lowest BCUT2D eigenvalue weighted by Crippen LogP contribution is -2.57. The third-order valence-electron chi connectivity index (χ3n) is 7.66. The maximum Gasteiger partial charge on any atom is 0.243 e. The second-order valence-electron chi connectivity index (χ2n) is 11.1. The van der Waals surface area contributed by atoms with Gasteiger partial charge in [0.15, 0.2) is 0 Å². The van der Waals surface area contributed by atoms with Gasteiger partial charge in [0.1, 0.15) is 23.6 Å². The molecule has 1 heterocycles. The molecule has 4 atom stereocenters. The van der Waals surface area contributed by atoms with Gasteiger partial charge < -0.3 is 60.1 Å². The molecule has 2 aromatic rings. The van der Waals surface area contributed by atoms with Crippen LogP contribution in [-0.4, -0.2) is 90.2 Å². The van der Waals surface area contributed by atoms with E-state index in [1.54, 1.807) is 24.3 Å². The van der Waals surface area contributed by atoms with Gasteiger partial charge in [-0.2, -0.15) is 0 Å². The zero-order valence-electron chi connectivity index (χ0n) is 25.1. The number of hydrogen-bond donors (Lipinski definition) is 11. The highest BCUT2D eigenvalue weighted by atomic mass is 16.3. The van der Waals surface area contributed by atoms with Gasteiger partial charge in [0.05, 0.1) is 18.1 Å². The summed E-state index contributed by atoms with van der Waals surface area (Å²) in [6.07, 6.45) is 0.530. The van der Waals surface area contributed by atoms with Gasteiger partial charge in [-0.05, 0) is 72.3 Å². The zero-order chi connectivity index (χ0) is 33.1. The monoisotopic (exact) mass is 627 g/mol. The molecular weight excluding hydrogens is 582 g/mol. The van der Waals surface area contributed by atoms with Crippen LogP contribution in [0.25, 0.3) is 11.1 Å². The average molecular weight is 628 g/mol. The Balaban J connectivity index is 1.91. The maximum atomic E-state index is 13.5. The van der Waals surface area contributed by atoms with Crippen LogP contribution in [0.3, 0.4) is 0 Å². The number of nitrogens with two attached hydrogens (primary N) is 5. The van der Waals surface area contributed by atoms with Gasteiger partial charge in [0.25, 0.3) is 0 Å². The standard InChI is InChI=1S/C30H45N9O6/c31-8-1-2-23-30(45)39-24(29(44)36-9-7-21(34)27(42)37-20(14-32)15-33)13-19-11-17(4-6-26(19)41)16-3-5-25(40)18(10-16)12-22(35)28(43)38-23/h3-6,10-11,20-24,40-41H,1-2,7-9,12-15,31-35H2,(H,36,44)(H,37,42)(H,38,43)(H,39,45)/t21?,22-,23-,24?/m0/s1. The number of fused-ring (bicyclic) bond motifs is 5. The average Bonchev–Trinajstić information content (AvgIpc) is 3.02. The lowest BCUT2D eigenvalue weighted by atomic mass is 9.95. The van der Waals surface area contributed by atoms with Crippen LogP contribution in [0.15, 0.2) is 36.4 Å². The Bertz CT molecular complexity index is 1350. The number of amides is 4. The first-order chi connectivity index (χ1) is 21.5. The summed E-state index contributed by atoms with van der Waals surface area (Å²) in [5.74, 6) is -2.48. The second-order valence-corrected chi connectivity index (χ2v) is 11.1. The number of aromatic hydroxyl groups is 2. The molecule has 0 aromatic heterocycles. The first-order valence-corrected chi connectivity index (χ1v) is 14.9. The Morgan fingerprint density at radius 3 is 2.09 bits per heavy atom. The van der Waals surface area contributed by atoms with E-state index >= 15 is 0 Å². The van der Waals surface area contributed by atoms with Crippen molar-refractivity contribution in [1.82, 2.24) is 21.3 Å². The van der Waals surface area contributed by atoms with Gasteiger partial charge >= 0.3 is 0 Å². The van der Waals surface area contributed by atoms with Crippen LogP contribution in [0.2, 0.25) is 0 Å². The summed E-state index contributed by atoms with van der Waals surface area (Å²) in [5, 5.41) is 31.9. The van der Waals surface area contributed by atoms with Gasteiger partial charge in [-0.3, -0.25) is 19.2 Å². The highest BCUT2D eigenvalue weighted by molar-refractivity contribution is 5.93. The van der Waals surface area contributed by atoms with Crippen LogP contribution < -0.4 is 49.9 Å². The van der Waals surface area contributed by atoms with Gasteiger partial charge in [-0.15, -0.1) is 0 Å². The molecule has 45 heavy (non-hydrogen) atoms. The third-order valence-corrected chi connectivity index (χ3v) is 7.66. The summed E-state index contributed by atoms with van der Waals surface area (Å²) in [7, 11) is 0. The van der Waals surface area contributed by atoms with Gasteiger partial charge in [-0.25, -0.2) is 0 Å². The van der Waals surface area contributed by atoms with Crippen molar-refractivity contribution in [2.45, 2.75) is 62.3 Å². The van der Waals surface area contributed by atoms with Gasteiger partial charge in [0.2, 0.25) is 23.6 Å². The summed E-state index contributed by atoms with van der Waals surface area (Å²) < 4.78 is 0. The first-order valence-electron chi connectivity index (χ1n) is 14.9. The minimum Gasteiger partial charge on any atom is -0.508 e. The molecule has 1 aliphatic heterocycles. The number of phenolic OH excluding ortho intramolecular Hbond substituents is 2. The summed E-state index contributed by atoms with van der Waals surface area (Å²) >= 11 is 0. The Hall–Kier alpha value is -4.28. The smallest absolute Gasteiger partial charge is 0.243 e. The van der Waals surface area contributed by atoms with E-state index in [9.17, 15) is 29.4 Å². The van der Waals surface area contributed by atoms with Crippen molar-refractivity contribution in [3.05, 3.63) is 47.5 Å². The first kappa shape index (κ1) is 35.2. The van der Waals surface area contributed by atoms with Crippen LogP contribution in [0.5, 0.6) is 11.5 Å². The van der Waals surface area contributed by atoms with Crippen molar-refractivity contribution in [2.24, 2.45) is 28.7 Å². The fraction of sp³-hybridized carbons (Fsp3) is 0.467. The molecule has 2 unspecified atom stereocenters. The molecule has 246 valence electrons. The predicted molar refractivity (Wildman–Crippen MR) is 168 cm³/mol. The van der Waals surface area contributed by atoms with Crippen molar-refractivity contribution < 1.29 is 29.4 Å². The summed E-state index contributed by atoms with van der Waals surface area (Å²) in [5.41, 5.74) is 31.1. The molecule has 0 radical (unpaired) electrons. The van der Waals surface area contributed by atoms with Gasteiger partial charge in [0, 0.05) is 32.5 Å². The van der Waals surface area contributed by atoms with Crippen LogP contribution in [-0.2, 0) is 32.0 Å². The van der Waals surface area contributed by atoms with E-state index in [-0.39, 0.29) is 63.4 Å². The number of benzene rings is 2. The molecular formula is C30H45N9O6. The lowest BCUT2D eigenvalue weighted by molar-refractivity contribution is -0.132. The van der Waals surface area contributed by atoms with E-state index in [2.05, 4.69) is 21.3 Å². The lowest BCUT2D eigenvalue weighted by Gasteiger charge is -2.25. The zero-order valence-corrected chi connectivity index (χ0v) is 25.1. The van der Waals surface area contributed by atoms with Crippen molar-refractivity contribution in [2.75, 3.05) is 26.2 Å². The van der Waals surface area contributed by atoms with Crippen molar-refractivity contribution in [3.63, 3.8) is 0 Å². The summed E-state index contributed by atoms with van der Waals surface area (Å²) in [6.45, 7) is 0.545. The third kappa shape index (κ3) is 9.86. The normalized spacial score (nSPS) is 19.5. The van der Waals surface area contributed by atoms with E-state index < -0.39 is 53.8 Å². The number of carbonyl (C=O) groups is 4. The molecule has 0 aliphatic carbocycles. The largest absolute Gasteiger partial charge is 0.508 e. The van der Waals surface area contributed by atoms with E-state index in [0.29, 0.717) is 28.7 Å². The highest BCUT2D eigenvalue weighted by Crippen LogP contribution is 2.30. The fourth-order valence-corrected chi connectivity index (χ4v) is 4.89. The van der Waals surface area contributed by atoms with E-state index in [0.717, 1.165) is 0 Å². The number of phenols is 2. The minimum atomic E-state index is -1.19. The molecule has 2 aromatic carbocycles. The highest BCUT2D eigenvalue weighted by Gasteiger charge is 2.30. The molecule has 15 nitrogen and oxygen atoms in total. The Morgan fingerprint density at radius 1 is 0.911 bits per heavy atom. The molecule has 4 amide bonds. The van der Waals surface area contributed by atoms with Crippen molar-refractivity contribution >= 4 is 23.6 Å². The number of carbonyl (C=O) groups excluding carboxylic acids is 4. The topological polar surface area (TPSA) is 287 Å². The quantitative estimate of drug-likeness (QED) is 0.120. The van der Waals surface area contributed by atoms with Crippen LogP contribution >= 0.6 is 0 Å². The van der Waals surface area contributed by atoms with Crippen molar-refractivity contribution in [1.29, 1.82) is 0 Å². The molecule has 0 saturated carbocycles. The molecule has 16 N–H and O–H groups in total. The number of rotatable bonds is 11. The number of nitrogens with one attached hydrogen (secondary N) is 4. The summed E-state index contributed by atoms with van der Waals surface area (Å²) in [6, 6.07) is 4.95. The fourth-order valence-electron chi connectivity index (χ4n) is 4.89. The maximum absolute atomic E-state index is 13.5. The van der Waals surface area contributed by atoms with Gasteiger partial charge in [-0.1, -0.05) is 12.1 Å². The molecule has 4 bridgehead atoms.